The number of carbonyl (C=O) groups excluding carboxylic acids is 1. The highest BCUT2D eigenvalue weighted by atomic mass is 32.1. The summed E-state index contributed by atoms with van der Waals surface area (Å²) < 4.78 is 0. The molecule has 1 aliphatic heterocycles. The largest absolute Gasteiger partial charge is 0.357 e. The molecule has 7 heteroatoms. The SMILES string of the molecule is Cc1nc(-c2c[nH]c(C(=O)NC3CCN(Cc4cccc(C#N)c4)CC3)c2)cs1. The Labute approximate surface area is 174 Å². The van der Waals surface area contributed by atoms with Crippen molar-refractivity contribution in [3.8, 4) is 17.3 Å². The van der Waals surface area contributed by atoms with Crippen molar-refractivity contribution in [1.82, 2.24) is 20.2 Å². The first-order valence-corrected chi connectivity index (χ1v) is 10.6. The average Bonchev–Trinajstić information content (AvgIpc) is 3.39. The van der Waals surface area contributed by atoms with E-state index in [-0.39, 0.29) is 11.9 Å². The van der Waals surface area contributed by atoms with Crippen LogP contribution in [0.25, 0.3) is 11.3 Å². The predicted octanol–water partition coefficient (Wildman–Crippen LogP) is 3.71. The molecule has 1 fully saturated rings. The Morgan fingerprint density at radius 2 is 2.21 bits per heavy atom. The molecule has 0 aliphatic carbocycles. The van der Waals surface area contributed by atoms with Crippen LogP contribution in [0.4, 0.5) is 0 Å². The van der Waals surface area contributed by atoms with Crippen LogP contribution in [-0.4, -0.2) is 39.9 Å². The van der Waals surface area contributed by atoms with Gasteiger partial charge in [0.15, 0.2) is 0 Å². The van der Waals surface area contributed by atoms with E-state index in [1.165, 1.54) is 0 Å². The smallest absolute Gasteiger partial charge is 0.267 e. The van der Waals surface area contributed by atoms with Crippen molar-refractivity contribution in [2.24, 2.45) is 0 Å². The maximum Gasteiger partial charge on any atom is 0.267 e. The number of nitriles is 1. The first kappa shape index (κ1) is 19.4. The van der Waals surface area contributed by atoms with Gasteiger partial charge in [0, 0.05) is 42.8 Å². The van der Waals surface area contributed by atoms with Gasteiger partial charge in [0.1, 0.15) is 5.69 Å². The number of carbonyl (C=O) groups is 1. The number of nitrogens with zero attached hydrogens (tertiary/aromatic N) is 3. The number of hydrogen-bond donors (Lipinski definition) is 2. The molecule has 1 aromatic carbocycles. The normalized spacial score (nSPS) is 15.2. The highest BCUT2D eigenvalue weighted by Gasteiger charge is 2.22. The summed E-state index contributed by atoms with van der Waals surface area (Å²) in [6, 6.07) is 12.0. The first-order valence-electron chi connectivity index (χ1n) is 9.74. The van der Waals surface area contributed by atoms with Gasteiger partial charge in [0.2, 0.25) is 0 Å². The molecule has 29 heavy (non-hydrogen) atoms. The van der Waals surface area contributed by atoms with Crippen molar-refractivity contribution in [3.05, 3.63) is 63.7 Å². The van der Waals surface area contributed by atoms with Gasteiger partial charge in [-0.25, -0.2) is 4.98 Å². The minimum atomic E-state index is -0.0663. The molecule has 3 heterocycles. The topological polar surface area (TPSA) is 84.8 Å². The second-order valence-corrected chi connectivity index (χ2v) is 8.45. The number of hydrogen-bond acceptors (Lipinski definition) is 5. The third-order valence-electron chi connectivity index (χ3n) is 5.23. The fourth-order valence-corrected chi connectivity index (χ4v) is 4.29. The van der Waals surface area contributed by atoms with Crippen LogP contribution in [0.15, 0.2) is 41.9 Å². The Kier molecular flexibility index (Phi) is 5.74. The van der Waals surface area contributed by atoms with E-state index in [0.717, 1.165) is 54.3 Å². The number of piperidine rings is 1. The molecule has 0 atom stereocenters. The van der Waals surface area contributed by atoms with Gasteiger partial charge in [-0.2, -0.15) is 5.26 Å². The monoisotopic (exact) mass is 405 g/mol. The molecule has 2 N–H and O–H groups in total. The quantitative estimate of drug-likeness (QED) is 0.678. The molecule has 2 aromatic heterocycles. The summed E-state index contributed by atoms with van der Waals surface area (Å²) >= 11 is 1.60. The third-order valence-corrected chi connectivity index (χ3v) is 6.00. The van der Waals surface area contributed by atoms with Gasteiger partial charge in [-0.3, -0.25) is 9.69 Å². The van der Waals surface area contributed by atoms with Gasteiger partial charge in [-0.15, -0.1) is 11.3 Å². The number of aromatic nitrogens is 2. The second kappa shape index (κ2) is 8.60. The molecule has 0 unspecified atom stereocenters. The molecule has 4 rings (SSSR count). The van der Waals surface area contributed by atoms with E-state index < -0.39 is 0 Å². The van der Waals surface area contributed by atoms with E-state index in [1.54, 1.807) is 11.3 Å². The molecule has 1 amide bonds. The van der Waals surface area contributed by atoms with Crippen LogP contribution >= 0.6 is 11.3 Å². The minimum Gasteiger partial charge on any atom is -0.357 e. The van der Waals surface area contributed by atoms with Crippen molar-refractivity contribution in [3.63, 3.8) is 0 Å². The van der Waals surface area contributed by atoms with Crippen molar-refractivity contribution in [2.75, 3.05) is 13.1 Å². The molecule has 1 saturated heterocycles. The van der Waals surface area contributed by atoms with Crippen LogP contribution in [0.2, 0.25) is 0 Å². The van der Waals surface area contributed by atoms with Gasteiger partial charge in [-0.05, 0) is 43.5 Å². The van der Waals surface area contributed by atoms with Crippen LogP contribution in [0.5, 0.6) is 0 Å². The van der Waals surface area contributed by atoms with Crippen LogP contribution in [0.1, 0.15) is 39.5 Å². The highest BCUT2D eigenvalue weighted by molar-refractivity contribution is 7.09. The van der Waals surface area contributed by atoms with E-state index in [0.29, 0.717) is 11.3 Å². The summed E-state index contributed by atoms with van der Waals surface area (Å²) in [6.45, 7) is 4.66. The van der Waals surface area contributed by atoms with E-state index in [4.69, 9.17) is 5.26 Å². The van der Waals surface area contributed by atoms with Crippen molar-refractivity contribution >= 4 is 17.2 Å². The summed E-state index contributed by atoms with van der Waals surface area (Å²) in [5, 5.41) is 15.2. The summed E-state index contributed by atoms with van der Waals surface area (Å²) in [5.41, 5.74) is 4.26. The Morgan fingerprint density at radius 1 is 1.38 bits per heavy atom. The average molecular weight is 406 g/mol. The molecular weight excluding hydrogens is 382 g/mol. The number of benzene rings is 1. The zero-order chi connectivity index (χ0) is 20.2. The van der Waals surface area contributed by atoms with E-state index in [1.807, 2.05) is 42.8 Å². The number of H-pyrrole nitrogens is 1. The molecule has 0 bridgehead atoms. The lowest BCUT2D eigenvalue weighted by molar-refractivity contribution is 0.0904. The first-order chi connectivity index (χ1) is 14.1. The number of rotatable bonds is 5. The molecule has 6 nitrogen and oxygen atoms in total. The molecule has 1 aliphatic rings. The van der Waals surface area contributed by atoms with E-state index in [9.17, 15) is 4.79 Å². The van der Waals surface area contributed by atoms with Crippen molar-refractivity contribution < 1.29 is 4.79 Å². The molecule has 0 saturated carbocycles. The van der Waals surface area contributed by atoms with Crippen LogP contribution < -0.4 is 5.32 Å². The van der Waals surface area contributed by atoms with Crippen LogP contribution in [0.3, 0.4) is 0 Å². The lowest BCUT2D eigenvalue weighted by atomic mass is 10.0. The molecular formula is C22H23N5OS. The molecule has 0 spiro atoms. The maximum atomic E-state index is 12.6. The number of aryl methyl sites for hydroxylation is 1. The Hall–Kier alpha value is -2.95. The summed E-state index contributed by atoms with van der Waals surface area (Å²) in [6.07, 6.45) is 3.67. The third kappa shape index (κ3) is 4.73. The fourth-order valence-electron chi connectivity index (χ4n) is 3.67. The van der Waals surface area contributed by atoms with Crippen molar-refractivity contribution in [1.29, 1.82) is 5.26 Å². The number of thiazole rings is 1. The summed E-state index contributed by atoms with van der Waals surface area (Å²) in [5.74, 6) is -0.0663. The van der Waals surface area contributed by atoms with Crippen molar-refractivity contribution in [2.45, 2.75) is 32.4 Å². The Morgan fingerprint density at radius 3 is 2.93 bits per heavy atom. The lowest BCUT2D eigenvalue weighted by Crippen LogP contribution is -2.44. The molecule has 148 valence electrons. The minimum absolute atomic E-state index is 0.0663. The molecule has 3 aromatic rings. The van der Waals surface area contributed by atoms with E-state index in [2.05, 4.69) is 32.3 Å². The van der Waals surface area contributed by atoms with Gasteiger partial charge in [0.25, 0.3) is 5.91 Å². The standard InChI is InChI=1S/C22H23N5OS/c1-15-25-21(14-29-15)18-10-20(24-12-18)22(28)26-19-5-7-27(8-6-19)13-17-4-2-3-16(9-17)11-23/h2-4,9-10,12,14,19,24H,5-8,13H2,1H3,(H,26,28). The van der Waals surface area contributed by atoms with Crippen LogP contribution in [0, 0.1) is 18.3 Å². The predicted molar refractivity (Wildman–Crippen MR) is 114 cm³/mol. The zero-order valence-electron chi connectivity index (χ0n) is 16.3. The summed E-state index contributed by atoms with van der Waals surface area (Å²) in [4.78, 5) is 22.5. The lowest BCUT2D eigenvalue weighted by Gasteiger charge is -2.32. The van der Waals surface area contributed by atoms with Gasteiger partial charge in [0.05, 0.1) is 22.3 Å². The number of amides is 1. The van der Waals surface area contributed by atoms with Gasteiger partial charge >= 0.3 is 0 Å². The number of likely N-dealkylation sites (tertiary alicyclic amines) is 1. The number of nitrogens with one attached hydrogen (secondary N) is 2. The zero-order valence-corrected chi connectivity index (χ0v) is 17.1. The molecule has 0 radical (unpaired) electrons. The van der Waals surface area contributed by atoms with Gasteiger partial charge < -0.3 is 10.3 Å². The maximum absolute atomic E-state index is 12.6. The van der Waals surface area contributed by atoms with Gasteiger partial charge in [-0.1, -0.05) is 12.1 Å². The highest BCUT2D eigenvalue weighted by Crippen LogP contribution is 2.22. The Balaban J connectivity index is 1.29. The van der Waals surface area contributed by atoms with Crippen LogP contribution in [-0.2, 0) is 6.54 Å². The second-order valence-electron chi connectivity index (χ2n) is 7.39. The fraction of sp³-hybridized carbons (Fsp3) is 0.318. The Bertz CT molecular complexity index is 1040. The number of aromatic amines is 1. The summed E-state index contributed by atoms with van der Waals surface area (Å²) in [7, 11) is 0. The van der Waals surface area contributed by atoms with E-state index >= 15 is 0 Å².